The number of nitriles is 1. The first-order valence-electron chi connectivity index (χ1n) is 12.7. The lowest BCUT2D eigenvalue weighted by Crippen LogP contribution is -2.41. The van der Waals surface area contributed by atoms with Gasteiger partial charge in [0.25, 0.3) is 5.56 Å². The number of aliphatic hydroxyl groups is 1. The number of benzene rings is 2. The number of hydrogen-bond donors (Lipinski definition) is 1. The van der Waals surface area contributed by atoms with Crippen LogP contribution in [-0.4, -0.2) is 62.2 Å². The number of hydrogen-bond acceptors (Lipinski definition) is 8. The molecule has 6 rings (SSSR count). The zero-order valence-electron chi connectivity index (χ0n) is 20.5. The molecule has 2 aliphatic rings. The van der Waals surface area contributed by atoms with Gasteiger partial charge in [0.1, 0.15) is 0 Å². The highest BCUT2D eigenvalue weighted by Gasteiger charge is 2.37. The van der Waals surface area contributed by atoms with E-state index in [1.54, 1.807) is 23.3 Å². The van der Waals surface area contributed by atoms with E-state index in [0.29, 0.717) is 43.3 Å². The van der Waals surface area contributed by atoms with Crippen LogP contribution in [0.1, 0.15) is 36.4 Å². The smallest absolute Gasteiger partial charge is 0.261 e. The van der Waals surface area contributed by atoms with Crippen LogP contribution in [0.3, 0.4) is 0 Å². The standard InChI is InChI=1S/C28H28N6O3/c29-17-28(20-5-9-31-32-14-20)7-10-33(11-8-28)15-19-13-23-26(22-4-2-1-3-21(19)22)30-18-34(27(23)36)24-6-12-37-16-25(24)35/h1-5,9,13-14,18,24-25,35H,6-8,10-12,15-16H2/t24-,25-/m0/s1. The molecule has 37 heavy (non-hydrogen) atoms. The Labute approximate surface area is 213 Å². The second-order valence-electron chi connectivity index (χ2n) is 10.0. The van der Waals surface area contributed by atoms with Crippen LogP contribution in [-0.2, 0) is 16.7 Å². The number of fused-ring (bicyclic) bond motifs is 3. The van der Waals surface area contributed by atoms with Crippen LogP contribution in [0.4, 0.5) is 0 Å². The fourth-order valence-corrected chi connectivity index (χ4v) is 5.82. The first kappa shape index (κ1) is 23.7. The van der Waals surface area contributed by atoms with Crippen molar-refractivity contribution in [1.82, 2.24) is 24.6 Å². The molecule has 2 aliphatic heterocycles. The fourth-order valence-electron chi connectivity index (χ4n) is 5.82. The number of piperidine rings is 1. The largest absolute Gasteiger partial charge is 0.389 e. The third-order valence-electron chi connectivity index (χ3n) is 7.98. The van der Waals surface area contributed by atoms with Crippen LogP contribution in [0.25, 0.3) is 21.7 Å². The quantitative estimate of drug-likeness (QED) is 0.429. The van der Waals surface area contributed by atoms with E-state index in [9.17, 15) is 15.2 Å². The Morgan fingerprint density at radius 1 is 1.14 bits per heavy atom. The number of ether oxygens (including phenoxy) is 1. The van der Waals surface area contributed by atoms with Gasteiger partial charge in [0.2, 0.25) is 0 Å². The third-order valence-corrected chi connectivity index (χ3v) is 7.98. The maximum atomic E-state index is 13.7. The molecule has 188 valence electrons. The van der Waals surface area contributed by atoms with Crippen LogP contribution in [0.2, 0.25) is 0 Å². The molecular formula is C28H28N6O3. The van der Waals surface area contributed by atoms with Gasteiger partial charge >= 0.3 is 0 Å². The van der Waals surface area contributed by atoms with Crippen molar-refractivity contribution < 1.29 is 9.84 Å². The van der Waals surface area contributed by atoms with E-state index < -0.39 is 11.5 Å². The van der Waals surface area contributed by atoms with Crippen LogP contribution >= 0.6 is 0 Å². The minimum atomic E-state index is -0.741. The van der Waals surface area contributed by atoms with Crippen LogP contribution in [0.15, 0.2) is 59.9 Å². The molecule has 0 amide bonds. The summed E-state index contributed by atoms with van der Waals surface area (Å²) in [5, 5.41) is 30.9. The van der Waals surface area contributed by atoms with Crippen LogP contribution < -0.4 is 5.56 Å². The van der Waals surface area contributed by atoms with Crippen molar-refractivity contribution >= 4 is 21.7 Å². The first-order chi connectivity index (χ1) is 18.1. The van der Waals surface area contributed by atoms with Gasteiger partial charge in [-0.2, -0.15) is 15.5 Å². The normalized spacial score (nSPS) is 22.2. The van der Waals surface area contributed by atoms with Gasteiger partial charge in [0, 0.05) is 37.8 Å². The minimum absolute atomic E-state index is 0.143. The van der Waals surface area contributed by atoms with Crippen molar-refractivity contribution in [2.24, 2.45) is 0 Å². The Morgan fingerprint density at radius 2 is 1.95 bits per heavy atom. The van der Waals surface area contributed by atoms with E-state index >= 15 is 0 Å². The Morgan fingerprint density at radius 3 is 2.68 bits per heavy atom. The summed E-state index contributed by atoms with van der Waals surface area (Å²) >= 11 is 0. The lowest BCUT2D eigenvalue weighted by atomic mass is 9.75. The molecule has 2 aromatic heterocycles. The lowest BCUT2D eigenvalue weighted by molar-refractivity contribution is -0.0395. The highest BCUT2D eigenvalue weighted by Crippen LogP contribution is 2.36. The summed E-state index contributed by atoms with van der Waals surface area (Å²) in [6, 6.07) is 14.1. The van der Waals surface area contributed by atoms with E-state index in [2.05, 4.69) is 32.2 Å². The molecule has 4 aromatic rings. The van der Waals surface area contributed by atoms with Gasteiger partial charge < -0.3 is 9.84 Å². The molecular weight excluding hydrogens is 468 g/mol. The summed E-state index contributed by atoms with van der Waals surface area (Å²) in [7, 11) is 0. The summed E-state index contributed by atoms with van der Waals surface area (Å²) in [6.45, 7) is 2.90. The Bertz CT molecular complexity index is 1540. The minimum Gasteiger partial charge on any atom is -0.389 e. The van der Waals surface area contributed by atoms with Gasteiger partial charge in [-0.1, -0.05) is 24.3 Å². The molecule has 4 heterocycles. The highest BCUT2D eigenvalue weighted by atomic mass is 16.5. The number of aliphatic hydroxyl groups excluding tert-OH is 1. The fraction of sp³-hybridized carbons (Fsp3) is 0.393. The summed E-state index contributed by atoms with van der Waals surface area (Å²) < 4.78 is 6.92. The zero-order valence-corrected chi connectivity index (χ0v) is 20.5. The van der Waals surface area contributed by atoms with E-state index in [-0.39, 0.29) is 18.2 Å². The number of nitrogens with zero attached hydrogens (tertiary/aromatic N) is 6. The number of rotatable bonds is 4. The molecule has 0 bridgehead atoms. The lowest BCUT2D eigenvalue weighted by Gasteiger charge is -2.37. The molecule has 2 fully saturated rings. The summed E-state index contributed by atoms with van der Waals surface area (Å²) in [4.78, 5) is 20.7. The molecule has 0 spiro atoms. The van der Waals surface area contributed by atoms with Crippen molar-refractivity contribution in [3.05, 3.63) is 76.6 Å². The maximum Gasteiger partial charge on any atom is 0.261 e. The van der Waals surface area contributed by atoms with Gasteiger partial charge in [-0.05, 0) is 47.9 Å². The average molecular weight is 497 g/mol. The first-order valence-corrected chi connectivity index (χ1v) is 12.7. The highest BCUT2D eigenvalue weighted by molar-refractivity contribution is 6.06. The topological polar surface area (TPSA) is 117 Å². The monoisotopic (exact) mass is 496 g/mol. The molecule has 9 nitrogen and oxygen atoms in total. The molecule has 1 N–H and O–H groups in total. The molecule has 0 radical (unpaired) electrons. The van der Waals surface area contributed by atoms with E-state index in [4.69, 9.17) is 4.74 Å². The Hall–Kier alpha value is -3.71. The number of aromatic nitrogens is 4. The van der Waals surface area contributed by atoms with Gasteiger partial charge in [-0.15, -0.1) is 0 Å². The van der Waals surface area contributed by atoms with Crippen LogP contribution in [0, 0.1) is 11.3 Å². The number of likely N-dealkylation sites (tertiary alicyclic amines) is 1. The predicted octanol–water partition coefficient (Wildman–Crippen LogP) is 2.72. The van der Waals surface area contributed by atoms with Gasteiger partial charge in [0.05, 0.1) is 53.7 Å². The van der Waals surface area contributed by atoms with Gasteiger partial charge in [-0.25, -0.2) is 4.98 Å². The molecule has 2 aromatic carbocycles. The summed E-state index contributed by atoms with van der Waals surface area (Å²) in [5.41, 5.74) is 1.95. The van der Waals surface area contributed by atoms with Crippen molar-refractivity contribution in [2.75, 3.05) is 26.3 Å². The van der Waals surface area contributed by atoms with Crippen molar-refractivity contribution in [3.63, 3.8) is 0 Å². The van der Waals surface area contributed by atoms with Crippen LogP contribution in [0.5, 0.6) is 0 Å². The summed E-state index contributed by atoms with van der Waals surface area (Å²) in [6.07, 6.45) is 6.14. The summed E-state index contributed by atoms with van der Waals surface area (Å²) in [5.74, 6) is 0. The second-order valence-corrected chi connectivity index (χ2v) is 10.0. The van der Waals surface area contributed by atoms with Gasteiger partial charge in [0.15, 0.2) is 0 Å². The molecule has 2 atom stereocenters. The molecule has 9 heteroatoms. The second kappa shape index (κ2) is 9.63. The van der Waals surface area contributed by atoms with E-state index in [1.165, 1.54) is 0 Å². The molecule has 0 aliphatic carbocycles. The molecule has 0 saturated carbocycles. The van der Waals surface area contributed by atoms with Gasteiger partial charge in [-0.3, -0.25) is 14.3 Å². The Kier molecular flexibility index (Phi) is 6.16. The zero-order chi connectivity index (χ0) is 25.4. The van der Waals surface area contributed by atoms with E-state index in [1.807, 2.05) is 30.3 Å². The SMILES string of the molecule is N#CC1(c2ccnnc2)CCN(Cc2cc3c(=O)n([C@H]4CCOC[C@@H]4O)cnc3c3ccccc23)CC1. The van der Waals surface area contributed by atoms with E-state index in [0.717, 1.165) is 35.0 Å². The molecule has 2 saturated heterocycles. The molecule has 0 unspecified atom stereocenters. The maximum absolute atomic E-state index is 13.7. The van der Waals surface area contributed by atoms with Crippen molar-refractivity contribution in [3.8, 4) is 6.07 Å². The van der Waals surface area contributed by atoms with Crippen molar-refractivity contribution in [2.45, 2.75) is 43.4 Å². The predicted molar refractivity (Wildman–Crippen MR) is 138 cm³/mol. The average Bonchev–Trinajstić information content (AvgIpc) is 2.95. The third kappa shape index (κ3) is 4.17. The Balaban J connectivity index is 1.35. The van der Waals surface area contributed by atoms with Crippen molar-refractivity contribution in [1.29, 1.82) is 5.26 Å².